The van der Waals surface area contributed by atoms with Crippen molar-refractivity contribution in [3.63, 3.8) is 0 Å². The van der Waals surface area contributed by atoms with Crippen LogP contribution < -0.4 is 0 Å². The molecule has 0 aromatic carbocycles. The van der Waals surface area contributed by atoms with Crippen LogP contribution in [0, 0.1) is 10.8 Å². The zero-order chi connectivity index (χ0) is 10.4. The van der Waals surface area contributed by atoms with E-state index < -0.39 is 6.10 Å². The van der Waals surface area contributed by atoms with Crippen molar-refractivity contribution in [2.45, 2.75) is 26.9 Å². The first-order chi connectivity index (χ1) is 6.43. The fourth-order valence-corrected chi connectivity index (χ4v) is 1.46. The molecule has 0 saturated heterocycles. The number of hydrogen-bond acceptors (Lipinski definition) is 1. The molecule has 0 fully saturated rings. The summed E-state index contributed by atoms with van der Waals surface area (Å²) in [6.45, 7) is 6.32. The van der Waals surface area contributed by atoms with Gasteiger partial charge in [0, 0.05) is 10.8 Å². The van der Waals surface area contributed by atoms with Gasteiger partial charge in [-0.05, 0) is 24.6 Å². The summed E-state index contributed by atoms with van der Waals surface area (Å²) >= 11 is 0. The van der Waals surface area contributed by atoms with Crippen molar-refractivity contribution in [1.82, 2.24) is 0 Å². The lowest BCUT2D eigenvalue weighted by Crippen LogP contribution is -2.05. The molecule has 1 nitrogen and oxygen atoms in total. The van der Waals surface area contributed by atoms with E-state index in [2.05, 4.69) is 44.7 Å². The Labute approximate surface area is 85.1 Å². The Morgan fingerprint density at radius 3 is 2.36 bits per heavy atom. The second-order valence-corrected chi connectivity index (χ2v) is 4.94. The van der Waals surface area contributed by atoms with Gasteiger partial charge in [-0.25, -0.2) is 0 Å². The standard InChI is InChI=1S/C13H16O/c1-12(2)9-10(12)11(14)5-4-6-13(3)7-8-13/h5-9,11,14H,1-3H3. The van der Waals surface area contributed by atoms with Crippen molar-refractivity contribution in [1.29, 1.82) is 0 Å². The van der Waals surface area contributed by atoms with Crippen LogP contribution in [0.3, 0.4) is 0 Å². The van der Waals surface area contributed by atoms with Crippen molar-refractivity contribution in [2.24, 2.45) is 10.8 Å². The van der Waals surface area contributed by atoms with Gasteiger partial charge in [-0.1, -0.05) is 32.1 Å². The van der Waals surface area contributed by atoms with E-state index >= 15 is 0 Å². The Hall–Kier alpha value is -1.04. The van der Waals surface area contributed by atoms with Crippen LogP contribution in [0.15, 0.2) is 41.7 Å². The van der Waals surface area contributed by atoms with Crippen molar-refractivity contribution < 1.29 is 5.11 Å². The van der Waals surface area contributed by atoms with E-state index in [0.29, 0.717) is 0 Å². The van der Waals surface area contributed by atoms with E-state index in [0.717, 1.165) is 5.57 Å². The minimum absolute atomic E-state index is 0.124. The first kappa shape index (κ1) is 9.51. The number of aliphatic hydroxyl groups is 1. The largest absolute Gasteiger partial charge is 0.384 e. The number of rotatable bonds is 3. The van der Waals surface area contributed by atoms with Crippen molar-refractivity contribution >= 4 is 0 Å². The Bertz CT molecular complexity index is 370. The van der Waals surface area contributed by atoms with Gasteiger partial charge in [0.1, 0.15) is 6.10 Å². The van der Waals surface area contributed by atoms with Crippen LogP contribution in [-0.2, 0) is 0 Å². The zero-order valence-corrected chi connectivity index (χ0v) is 8.91. The summed E-state index contributed by atoms with van der Waals surface area (Å²) in [5.74, 6) is 0. The fraction of sp³-hybridized carbons (Fsp3) is 0.462. The number of allylic oxidation sites excluding steroid dienone is 3. The highest BCUT2D eigenvalue weighted by atomic mass is 16.3. The Morgan fingerprint density at radius 1 is 1.36 bits per heavy atom. The molecule has 2 aliphatic rings. The highest BCUT2D eigenvalue weighted by molar-refractivity contribution is 5.41. The molecule has 0 heterocycles. The molecule has 0 bridgehead atoms. The van der Waals surface area contributed by atoms with E-state index in [1.807, 2.05) is 6.08 Å². The third-order valence-electron chi connectivity index (χ3n) is 2.84. The first-order valence-electron chi connectivity index (χ1n) is 4.98. The van der Waals surface area contributed by atoms with E-state index in [-0.39, 0.29) is 10.8 Å². The van der Waals surface area contributed by atoms with Crippen LogP contribution in [-0.4, -0.2) is 11.2 Å². The maximum atomic E-state index is 9.72. The van der Waals surface area contributed by atoms with Crippen LogP contribution in [0.1, 0.15) is 20.8 Å². The van der Waals surface area contributed by atoms with Crippen LogP contribution in [0.5, 0.6) is 0 Å². The van der Waals surface area contributed by atoms with Crippen molar-refractivity contribution in [2.75, 3.05) is 0 Å². The van der Waals surface area contributed by atoms with E-state index in [1.165, 1.54) is 0 Å². The average Bonchev–Trinajstić information content (AvgIpc) is 2.92. The Balaban J connectivity index is 1.92. The summed E-state index contributed by atoms with van der Waals surface area (Å²) in [5.41, 5.74) is 4.40. The lowest BCUT2D eigenvalue weighted by atomic mass is 10.0. The van der Waals surface area contributed by atoms with Gasteiger partial charge >= 0.3 is 0 Å². The second-order valence-electron chi connectivity index (χ2n) is 4.94. The molecule has 0 saturated carbocycles. The second kappa shape index (κ2) is 2.73. The van der Waals surface area contributed by atoms with Gasteiger partial charge in [-0.3, -0.25) is 0 Å². The topological polar surface area (TPSA) is 20.2 Å². The fourth-order valence-electron chi connectivity index (χ4n) is 1.46. The van der Waals surface area contributed by atoms with Gasteiger partial charge in [0.15, 0.2) is 0 Å². The number of aliphatic hydroxyl groups excluding tert-OH is 1. The molecule has 1 unspecified atom stereocenters. The molecule has 2 aliphatic carbocycles. The molecule has 0 radical (unpaired) electrons. The molecule has 0 amide bonds. The van der Waals surface area contributed by atoms with Crippen LogP contribution in [0.4, 0.5) is 0 Å². The Morgan fingerprint density at radius 2 is 1.93 bits per heavy atom. The summed E-state index contributed by atoms with van der Waals surface area (Å²) in [6, 6.07) is 0. The molecule has 1 N–H and O–H groups in total. The van der Waals surface area contributed by atoms with Crippen molar-refractivity contribution in [3.05, 3.63) is 41.7 Å². The van der Waals surface area contributed by atoms with Crippen molar-refractivity contribution in [3.8, 4) is 0 Å². The molecule has 1 heteroatoms. The minimum atomic E-state index is -0.455. The SMILES string of the molecule is CC1(C=C=CC(O)C2=CC2(C)C)C=C1. The van der Waals surface area contributed by atoms with Gasteiger partial charge in [0.25, 0.3) is 0 Å². The quantitative estimate of drug-likeness (QED) is 0.533. The molecule has 0 aliphatic heterocycles. The third kappa shape index (κ3) is 1.89. The maximum Gasteiger partial charge on any atom is 0.101 e. The highest BCUT2D eigenvalue weighted by Gasteiger charge is 2.37. The minimum Gasteiger partial charge on any atom is -0.384 e. The summed E-state index contributed by atoms with van der Waals surface area (Å²) in [7, 11) is 0. The maximum absolute atomic E-state index is 9.72. The molecule has 0 aromatic heterocycles. The molecular weight excluding hydrogens is 172 g/mol. The molecule has 74 valence electrons. The molecule has 0 spiro atoms. The summed E-state index contributed by atoms with van der Waals surface area (Å²) < 4.78 is 0. The van der Waals surface area contributed by atoms with Gasteiger partial charge < -0.3 is 5.11 Å². The normalized spacial score (nSPS) is 25.9. The van der Waals surface area contributed by atoms with Gasteiger partial charge in [0.05, 0.1) is 0 Å². The zero-order valence-electron chi connectivity index (χ0n) is 8.91. The van der Waals surface area contributed by atoms with E-state index in [4.69, 9.17) is 0 Å². The molecule has 0 aromatic rings. The average molecular weight is 188 g/mol. The molecule has 2 rings (SSSR count). The predicted octanol–water partition coefficient (Wildman–Crippen LogP) is 2.60. The summed E-state index contributed by atoms with van der Waals surface area (Å²) in [6.07, 6.45) is 9.56. The monoisotopic (exact) mass is 188 g/mol. The first-order valence-corrected chi connectivity index (χ1v) is 4.98. The summed E-state index contributed by atoms with van der Waals surface area (Å²) in [4.78, 5) is 0. The van der Waals surface area contributed by atoms with Crippen LogP contribution in [0.25, 0.3) is 0 Å². The Kier molecular flexibility index (Phi) is 1.85. The molecular formula is C13H16O. The van der Waals surface area contributed by atoms with Crippen LogP contribution in [0.2, 0.25) is 0 Å². The van der Waals surface area contributed by atoms with Gasteiger partial charge in [0.2, 0.25) is 0 Å². The van der Waals surface area contributed by atoms with E-state index in [1.54, 1.807) is 6.08 Å². The predicted molar refractivity (Wildman–Crippen MR) is 57.8 cm³/mol. The van der Waals surface area contributed by atoms with E-state index in [9.17, 15) is 5.11 Å². The molecule has 1 atom stereocenters. The van der Waals surface area contributed by atoms with Gasteiger partial charge in [-0.2, -0.15) is 0 Å². The van der Waals surface area contributed by atoms with Gasteiger partial charge in [-0.15, -0.1) is 5.73 Å². The third-order valence-corrected chi connectivity index (χ3v) is 2.84. The highest BCUT2D eigenvalue weighted by Crippen LogP contribution is 2.45. The lowest BCUT2D eigenvalue weighted by molar-refractivity contribution is 0.254. The van der Waals surface area contributed by atoms with Crippen LogP contribution >= 0.6 is 0 Å². The summed E-state index contributed by atoms with van der Waals surface area (Å²) in [5, 5.41) is 9.72. The number of hydrogen-bond donors (Lipinski definition) is 1. The smallest absolute Gasteiger partial charge is 0.101 e. The lowest BCUT2D eigenvalue weighted by Gasteiger charge is -2.06. The molecule has 14 heavy (non-hydrogen) atoms.